The predicted octanol–water partition coefficient (Wildman–Crippen LogP) is 4.33. The van der Waals surface area contributed by atoms with E-state index in [4.69, 9.17) is 0 Å². The Bertz CT molecular complexity index is 1080. The highest BCUT2D eigenvalue weighted by atomic mass is 32.2. The van der Waals surface area contributed by atoms with Crippen LogP contribution in [0.5, 0.6) is 0 Å². The Balaban J connectivity index is 1.64. The molecular weight excluding hydrogens is 380 g/mol. The van der Waals surface area contributed by atoms with Gasteiger partial charge < -0.3 is 10.6 Å². The molecule has 0 saturated carbocycles. The van der Waals surface area contributed by atoms with E-state index in [1.807, 2.05) is 48.5 Å². The molecule has 134 valence electrons. The van der Waals surface area contributed by atoms with E-state index in [0.29, 0.717) is 16.1 Å². The molecule has 0 spiro atoms. The number of carbonyl (C=O) groups excluding carboxylic acids is 1. The summed E-state index contributed by atoms with van der Waals surface area (Å²) >= 11 is 2.86. The first-order valence-corrected chi connectivity index (χ1v) is 9.72. The molecule has 7 nitrogen and oxygen atoms in total. The van der Waals surface area contributed by atoms with E-state index in [1.54, 1.807) is 5.51 Å². The van der Waals surface area contributed by atoms with Gasteiger partial charge in [-0.3, -0.25) is 4.79 Å². The van der Waals surface area contributed by atoms with Crippen LogP contribution in [0, 0.1) is 0 Å². The van der Waals surface area contributed by atoms with Crippen LogP contribution < -0.4 is 10.6 Å². The summed E-state index contributed by atoms with van der Waals surface area (Å²) in [6.07, 6.45) is 0. The van der Waals surface area contributed by atoms with Crippen molar-refractivity contribution in [2.45, 2.75) is 17.0 Å². The van der Waals surface area contributed by atoms with Gasteiger partial charge in [0.2, 0.25) is 11.0 Å². The second-order valence-corrected chi connectivity index (χ2v) is 7.42. The summed E-state index contributed by atoms with van der Waals surface area (Å²) < 4.78 is 0. The summed E-state index contributed by atoms with van der Waals surface area (Å²) in [7, 11) is 0. The Labute approximate surface area is 163 Å². The van der Waals surface area contributed by atoms with E-state index in [1.165, 1.54) is 30.0 Å². The number of anilines is 3. The van der Waals surface area contributed by atoms with Gasteiger partial charge in [0.1, 0.15) is 11.3 Å². The minimum absolute atomic E-state index is 0.0966. The summed E-state index contributed by atoms with van der Waals surface area (Å²) in [5.41, 5.74) is 3.26. The Morgan fingerprint density at radius 1 is 1.07 bits per heavy atom. The summed E-state index contributed by atoms with van der Waals surface area (Å²) in [5, 5.41) is 16.0. The topological polar surface area (TPSA) is 92.7 Å². The quantitative estimate of drug-likeness (QED) is 0.487. The SMILES string of the molecule is CC(=O)Nc1ccc(Sc2nc(Nc3nncs3)c3ccccc3n2)cc1. The second kappa shape index (κ2) is 7.68. The van der Waals surface area contributed by atoms with Crippen molar-refractivity contribution in [2.75, 3.05) is 10.6 Å². The molecule has 2 aromatic heterocycles. The molecule has 0 unspecified atom stereocenters. The van der Waals surface area contributed by atoms with E-state index in [2.05, 4.69) is 30.8 Å². The lowest BCUT2D eigenvalue weighted by atomic mass is 10.2. The fraction of sp³-hybridized carbons (Fsp3) is 0.0556. The van der Waals surface area contributed by atoms with Crippen molar-refractivity contribution in [3.05, 3.63) is 54.0 Å². The molecule has 0 saturated heterocycles. The third-order valence-electron chi connectivity index (χ3n) is 3.55. The van der Waals surface area contributed by atoms with Crippen LogP contribution in [0.25, 0.3) is 10.9 Å². The maximum absolute atomic E-state index is 11.1. The van der Waals surface area contributed by atoms with E-state index in [9.17, 15) is 4.79 Å². The summed E-state index contributed by atoms with van der Waals surface area (Å²) in [4.78, 5) is 21.4. The number of aromatic nitrogens is 4. The molecule has 2 heterocycles. The minimum atomic E-state index is -0.0966. The monoisotopic (exact) mass is 394 g/mol. The van der Waals surface area contributed by atoms with Crippen molar-refractivity contribution in [2.24, 2.45) is 0 Å². The molecule has 0 atom stereocenters. The van der Waals surface area contributed by atoms with Gasteiger partial charge in [0.15, 0.2) is 5.16 Å². The normalized spacial score (nSPS) is 10.7. The number of nitrogens with one attached hydrogen (secondary N) is 2. The number of rotatable bonds is 5. The van der Waals surface area contributed by atoms with Crippen LogP contribution in [0.2, 0.25) is 0 Å². The second-order valence-electron chi connectivity index (χ2n) is 5.55. The van der Waals surface area contributed by atoms with E-state index >= 15 is 0 Å². The van der Waals surface area contributed by atoms with Crippen molar-refractivity contribution in [1.29, 1.82) is 0 Å². The van der Waals surface area contributed by atoms with Gasteiger partial charge >= 0.3 is 0 Å². The molecule has 4 rings (SSSR count). The number of amides is 1. The molecule has 0 fully saturated rings. The zero-order valence-corrected chi connectivity index (χ0v) is 15.8. The summed E-state index contributed by atoms with van der Waals surface area (Å²) in [5.74, 6) is 0.593. The van der Waals surface area contributed by atoms with E-state index in [-0.39, 0.29) is 5.91 Å². The number of hydrogen-bond acceptors (Lipinski definition) is 8. The Morgan fingerprint density at radius 2 is 1.89 bits per heavy atom. The Morgan fingerprint density at radius 3 is 2.63 bits per heavy atom. The van der Waals surface area contributed by atoms with Gasteiger partial charge in [-0.05, 0) is 48.2 Å². The molecule has 27 heavy (non-hydrogen) atoms. The number of nitrogens with zero attached hydrogens (tertiary/aromatic N) is 4. The molecule has 0 radical (unpaired) electrons. The molecular formula is C18H14N6OS2. The first kappa shape index (κ1) is 17.4. The predicted molar refractivity (Wildman–Crippen MR) is 108 cm³/mol. The third kappa shape index (κ3) is 4.21. The van der Waals surface area contributed by atoms with Gasteiger partial charge in [0, 0.05) is 22.9 Å². The van der Waals surface area contributed by atoms with Crippen LogP contribution in [-0.4, -0.2) is 26.1 Å². The molecule has 1 amide bonds. The number of fused-ring (bicyclic) bond motifs is 1. The first-order valence-electron chi connectivity index (χ1n) is 8.03. The summed E-state index contributed by atoms with van der Waals surface area (Å²) in [6, 6.07) is 15.4. The third-order valence-corrected chi connectivity index (χ3v) is 5.03. The van der Waals surface area contributed by atoms with Gasteiger partial charge in [0.05, 0.1) is 5.52 Å². The zero-order valence-electron chi connectivity index (χ0n) is 14.2. The van der Waals surface area contributed by atoms with Gasteiger partial charge in [-0.1, -0.05) is 23.5 Å². The molecule has 4 aromatic rings. The maximum Gasteiger partial charge on any atom is 0.221 e. The van der Waals surface area contributed by atoms with Crippen LogP contribution in [0.4, 0.5) is 16.6 Å². The largest absolute Gasteiger partial charge is 0.326 e. The van der Waals surface area contributed by atoms with Gasteiger partial charge in [-0.2, -0.15) is 0 Å². The fourth-order valence-corrected chi connectivity index (χ4v) is 3.65. The van der Waals surface area contributed by atoms with E-state index in [0.717, 1.165) is 21.5 Å². The minimum Gasteiger partial charge on any atom is -0.326 e. The lowest BCUT2D eigenvalue weighted by molar-refractivity contribution is -0.114. The summed E-state index contributed by atoms with van der Waals surface area (Å²) in [6.45, 7) is 1.48. The van der Waals surface area contributed by atoms with Crippen LogP contribution in [0.1, 0.15) is 6.92 Å². The highest BCUT2D eigenvalue weighted by molar-refractivity contribution is 7.99. The van der Waals surface area contributed by atoms with Crippen LogP contribution >= 0.6 is 23.1 Å². The maximum atomic E-state index is 11.1. The molecule has 0 aliphatic heterocycles. The Hall–Kier alpha value is -3.04. The average Bonchev–Trinajstić information content (AvgIpc) is 3.16. The number of para-hydroxylation sites is 1. The number of carbonyl (C=O) groups is 1. The smallest absolute Gasteiger partial charge is 0.221 e. The highest BCUT2D eigenvalue weighted by Gasteiger charge is 2.10. The van der Waals surface area contributed by atoms with Gasteiger partial charge in [-0.25, -0.2) is 9.97 Å². The van der Waals surface area contributed by atoms with Crippen molar-refractivity contribution >= 4 is 56.5 Å². The standard InChI is InChI=1S/C18H14N6OS2/c1-11(25)20-12-6-8-13(9-7-12)27-17-21-15-5-3-2-4-14(15)16(22-17)23-18-24-19-10-26-18/h2-10H,1H3,(H,20,25)(H,21,22,23,24). The molecule has 2 aromatic carbocycles. The van der Waals surface area contributed by atoms with Gasteiger partial charge in [-0.15, -0.1) is 10.2 Å². The van der Waals surface area contributed by atoms with Crippen molar-refractivity contribution in [3.63, 3.8) is 0 Å². The first-order chi connectivity index (χ1) is 13.2. The van der Waals surface area contributed by atoms with E-state index < -0.39 is 0 Å². The molecule has 2 N–H and O–H groups in total. The van der Waals surface area contributed by atoms with Crippen molar-refractivity contribution < 1.29 is 4.79 Å². The van der Waals surface area contributed by atoms with Crippen molar-refractivity contribution in [3.8, 4) is 0 Å². The zero-order chi connectivity index (χ0) is 18.6. The highest BCUT2D eigenvalue weighted by Crippen LogP contribution is 2.31. The molecule has 0 bridgehead atoms. The van der Waals surface area contributed by atoms with Crippen LogP contribution in [0.15, 0.2) is 64.1 Å². The number of hydrogen-bond donors (Lipinski definition) is 2. The fourth-order valence-electron chi connectivity index (χ4n) is 2.44. The van der Waals surface area contributed by atoms with Crippen LogP contribution in [-0.2, 0) is 4.79 Å². The Kier molecular flexibility index (Phi) is 4.95. The lowest BCUT2D eigenvalue weighted by Crippen LogP contribution is -2.05. The van der Waals surface area contributed by atoms with Crippen LogP contribution in [0.3, 0.4) is 0 Å². The van der Waals surface area contributed by atoms with Crippen molar-refractivity contribution in [1.82, 2.24) is 20.2 Å². The molecule has 0 aliphatic rings. The average molecular weight is 394 g/mol. The lowest BCUT2D eigenvalue weighted by Gasteiger charge is -2.09. The number of benzene rings is 2. The molecule has 0 aliphatic carbocycles. The van der Waals surface area contributed by atoms with Gasteiger partial charge in [0.25, 0.3) is 0 Å². The molecule has 9 heteroatoms.